The Bertz CT molecular complexity index is 326. The van der Waals surface area contributed by atoms with E-state index in [0.717, 1.165) is 32.1 Å². The molecule has 0 bridgehead atoms. The molecule has 0 aliphatic rings. The summed E-state index contributed by atoms with van der Waals surface area (Å²) >= 11 is 0. The summed E-state index contributed by atoms with van der Waals surface area (Å²) in [7, 11) is 0. The van der Waals surface area contributed by atoms with Crippen LogP contribution in [0, 0.1) is 6.92 Å². The van der Waals surface area contributed by atoms with E-state index in [-0.39, 0.29) is 24.0 Å². The third-order valence-corrected chi connectivity index (χ3v) is 2.05. The van der Waals surface area contributed by atoms with Gasteiger partial charge in [-0.25, -0.2) is 0 Å². The van der Waals surface area contributed by atoms with Gasteiger partial charge in [0.15, 0.2) is 5.96 Å². The van der Waals surface area contributed by atoms with Crippen LogP contribution in [-0.2, 0) is 6.54 Å². The molecule has 1 rings (SSSR count). The molecule has 0 atom stereocenters. The van der Waals surface area contributed by atoms with Crippen LogP contribution in [-0.4, -0.2) is 35.4 Å². The zero-order valence-electron chi connectivity index (χ0n) is 10.7. The molecule has 6 heteroatoms. The van der Waals surface area contributed by atoms with E-state index in [1.807, 2.05) is 24.0 Å². The van der Waals surface area contributed by atoms with E-state index in [1.165, 1.54) is 5.56 Å². The number of aliphatic imine (C=N–C) groups is 1. The molecule has 0 aliphatic heterocycles. The van der Waals surface area contributed by atoms with E-state index in [9.17, 15) is 0 Å². The molecule has 1 heterocycles. The molecule has 0 spiro atoms. The molecule has 0 fully saturated rings. The summed E-state index contributed by atoms with van der Waals surface area (Å²) in [5, 5.41) is 10.6. The molecule has 0 saturated carbocycles. The Kier molecular flexibility index (Phi) is 8.83. The van der Waals surface area contributed by atoms with Crippen LogP contribution in [0.4, 0.5) is 0 Å². The average molecular weight is 351 g/mol. The molecule has 0 aliphatic carbocycles. The first-order valence-corrected chi connectivity index (χ1v) is 5.77. The van der Waals surface area contributed by atoms with Crippen molar-refractivity contribution in [1.29, 1.82) is 0 Å². The highest BCUT2D eigenvalue weighted by Crippen LogP contribution is 1.93. The molecular formula is C11H22IN5. The number of rotatable bonds is 5. The second-order valence-electron chi connectivity index (χ2n) is 3.57. The van der Waals surface area contributed by atoms with E-state index in [2.05, 4.69) is 34.6 Å². The topological polar surface area (TPSA) is 54.2 Å². The van der Waals surface area contributed by atoms with Crippen molar-refractivity contribution in [2.45, 2.75) is 27.3 Å². The number of hydrogen-bond donors (Lipinski definition) is 2. The third-order valence-electron chi connectivity index (χ3n) is 2.05. The Hall–Kier alpha value is -0.790. The lowest BCUT2D eigenvalue weighted by Crippen LogP contribution is -2.37. The van der Waals surface area contributed by atoms with Gasteiger partial charge in [0, 0.05) is 19.3 Å². The molecule has 1 aromatic heterocycles. The summed E-state index contributed by atoms with van der Waals surface area (Å²) in [5.74, 6) is 0.869. The van der Waals surface area contributed by atoms with Gasteiger partial charge in [-0.2, -0.15) is 5.10 Å². The lowest BCUT2D eigenvalue weighted by atomic mass is 10.4. The number of nitrogens with one attached hydrogen (secondary N) is 2. The van der Waals surface area contributed by atoms with Crippen molar-refractivity contribution in [3.05, 3.63) is 18.0 Å². The zero-order chi connectivity index (χ0) is 11.8. The van der Waals surface area contributed by atoms with Gasteiger partial charge in [0.25, 0.3) is 0 Å². The second kappa shape index (κ2) is 9.26. The summed E-state index contributed by atoms with van der Waals surface area (Å²) in [6, 6.07) is 0. The Balaban J connectivity index is 0.00000256. The van der Waals surface area contributed by atoms with Crippen molar-refractivity contribution in [3.63, 3.8) is 0 Å². The van der Waals surface area contributed by atoms with Crippen molar-refractivity contribution in [1.82, 2.24) is 20.4 Å². The quantitative estimate of drug-likeness (QED) is 0.479. The van der Waals surface area contributed by atoms with Crippen LogP contribution in [0.1, 0.15) is 19.4 Å². The maximum Gasteiger partial charge on any atom is 0.191 e. The highest BCUT2D eigenvalue weighted by atomic mass is 127. The predicted molar refractivity (Wildman–Crippen MR) is 82.0 cm³/mol. The molecule has 0 amide bonds. The van der Waals surface area contributed by atoms with Gasteiger partial charge in [0.2, 0.25) is 0 Å². The number of aryl methyl sites for hydroxylation is 1. The van der Waals surface area contributed by atoms with Gasteiger partial charge in [0.1, 0.15) is 0 Å². The van der Waals surface area contributed by atoms with Gasteiger partial charge in [-0.15, -0.1) is 24.0 Å². The van der Waals surface area contributed by atoms with E-state index in [0.29, 0.717) is 0 Å². The van der Waals surface area contributed by atoms with Crippen LogP contribution < -0.4 is 10.6 Å². The molecule has 0 aromatic carbocycles. The normalized spacial score (nSPS) is 9.35. The Labute approximate surface area is 120 Å². The lowest BCUT2D eigenvalue weighted by Gasteiger charge is -2.08. The van der Waals surface area contributed by atoms with Gasteiger partial charge in [0.05, 0.1) is 19.3 Å². The van der Waals surface area contributed by atoms with E-state index in [4.69, 9.17) is 0 Å². The summed E-state index contributed by atoms with van der Waals surface area (Å²) in [6.45, 7) is 9.47. The van der Waals surface area contributed by atoms with Crippen LogP contribution in [0.25, 0.3) is 0 Å². The predicted octanol–water partition coefficient (Wildman–Crippen LogP) is 1.38. The first-order valence-electron chi connectivity index (χ1n) is 5.77. The van der Waals surface area contributed by atoms with E-state index < -0.39 is 0 Å². The van der Waals surface area contributed by atoms with Crippen LogP contribution >= 0.6 is 24.0 Å². The minimum atomic E-state index is 0. The largest absolute Gasteiger partial charge is 0.357 e. The number of halogens is 1. The molecule has 0 radical (unpaired) electrons. The molecular weight excluding hydrogens is 329 g/mol. The highest BCUT2D eigenvalue weighted by molar-refractivity contribution is 14.0. The third kappa shape index (κ3) is 6.50. The van der Waals surface area contributed by atoms with E-state index >= 15 is 0 Å². The monoisotopic (exact) mass is 351 g/mol. The molecule has 98 valence electrons. The SMILES string of the molecule is CCNC(=NCCn1cc(C)cn1)NCC.I. The number of guanidine groups is 1. The minimum Gasteiger partial charge on any atom is -0.357 e. The van der Waals surface area contributed by atoms with E-state index in [1.54, 1.807) is 0 Å². The first-order chi connectivity index (χ1) is 7.76. The van der Waals surface area contributed by atoms with Gasteiger partial charge in [-0.05, 0) is 26.3 Å². The smallest absolute Gasteiger partial charge is 0.191 e. The van der Waals surface area contributed by atoms with Crippen molar-refractivity contribution in [2.24, 2.45) is 4.99 Å². The van der Waals surface area contributed by atoms with Crippen molar-refractivity contribution < 1.29 is 0 Å². The molecule has 1 aromatic rings. The van der Waals surface area contributed by atoms with Crippen molar-refractivity contribution in [2.75, 3.05) is 19.6 Å². The number of aromatic nitrogens is 2. The first kappa shape index (κ1) is 16.2. The molecule has 2 N–H and O–H groups in total. The van der Waals surface area contributed by atoms with Gasteiger partial charge in [-0.3, -0.25) is 9.67 Å². The lowest BCUT2D eigenvalue weighted by molar-refractivity contribution is 0.622. The second-order valence-corrected chi connectivity index (χ2v) is 3.57. The standard InChI is InChI=1S/C11H21N5.HI/c1-4-12-11(13-5-2)14-6-7-16-9-10(3)8-15-16;/h8-9H,4-7H2,1-3H3,(H2,12,13,14);1H. The maximum absolute atomic E-state index is 4.44. The highest BCUT2D eigenvalue weighted by Gasteiger charge is 1.95. The molecule has 0 saturated heterocycles. The minimum absolute atomic E-state index is 0. The number of nitrogens with zero attached hydrogens (tertiary/aromatic N) is 3. The van der Waals surface area contributed by atoms with Crippen LogP contribution in [0.2, 0.25) is 0 Å². The molecule has 5 nitrogen and oxygen atoms in total. The molecule has 0 unspecified atom stereocenters. The fourth-order valence-corrected chi connectivity index (χ4v) is 1.36. The number of hydrogen-bond acceptors (Lipinski definition) is 2. The molecule has 17 heavy (non-hydrogen) atoms. The Morgan fingerprint density at radius 2 is 2.00 bits per heavy atom. The fourth-order valence-electron chi connectivity index (χ4n) is 1.36. The van der Waals surface area contributed by atoms with Gasteiger partial charge >= 0.3 is 0 Å². The Morgan fingerprint density at radius 1 is 1.35 bits per heavy atom. The van der Waals surface area contributed by atoms with Crippen molar-refractivity contribution in [3.8, 4) is 0 Å². The zero-order valence-corrected chi connectivity index (χ0v) is 13.1. The Morgan fingerprint density at radius 3 is 2.47 bits per heavy atom. The summed E-state index contributed by atoms with van der Waals surface area (Å²) in [6.07, 6.45) is 3.88. The van der Waals surface area contributed by atoms with Crippen LogP contribution in [0.5, 0.6) is 0 Å². The van der Waals surface area contributed by atoms with Crippen LogP contribution in [0.3, 0.4) is 0 Å². The summed E-state index contributed by atoms with van der Waals surface area (Å²) < 4.78 is 1.91. The summed E-state index contributed by atoms with van der Waals surface area (Å²) in [4.78, 5) is 4.44. The van der Waals surface area contributed by atoms with Crippen molar-refractivity contribution >= 4 is 29.9 Å². The van der Waals surface area contributed by atoms with Gasteiger partial charge < -0.3 is 10.6 Å². The fraction of sp³-hybridized carbons (Fsp3) is 0.636. The van der Waals surface area contributed by atoms with Crippen LogP contribution in [0.15, 0.2) is 17.4 Å². The van der Waals surface area contributed by atoms with Gasteiger partial charge in [-0.1, -0.05) is 0 Å². The average Bonchev–Trinajstić information content (AvgIpc) is 2.65. The summed E-state index contributed by atoms with van der Waals surface area (Å²) in [5.41, 5.74) is 1.18. The maximum atomic E-state index is 4.44.